The lowest BCUT2D eigenvalue weighted by molar-refractivity contribution is 0.773. The minimum Gasteiger partial charge on any atom is -0.309 e. The SMILES string of the molecule is CC1CC=Cc2cc3c4cc5c6ccccc6n(-c6ccccc6)c5cc4n(-c4cccc5c(Cc6ccccc6)cccc45)c3cc21. The van der Waals surface area contributed by atoms with Gasteiger partial charge in [-0.15, -0.1) is 0 Å². The van der Waals surface area contributed by atoms with Gasteiger partial charge in [-0.05, 0) is 94.9 Å². The van der Waals surface area contributed by atoms with Gasteiger partial charge in [-0.25, -0.2) is 0 Å². The lowest BCUT2D eigenvalue weighted by Crippen LogP contribution is -2.02. The smallest absolute Gasteiger partial charge is 0.0562 e. The van der Waals surface area contributed by atoms with Gasteiger partial charge < -0.3 is 9.13 Å². The molecule has 0 saturated carbocycles. The van der Waals surface area contributed by atoms with Crippen molar-refractivity contribution in [1.29, 1.82) is 0 Å². The van der Waals surface area contributed by atoms with E-state index in [-0.39, 0.29) is 0 Å². The summed E-state index contributed by atoms with van der Waals surface area (Å²) in [6.07, 6.45) is 6.64. The van der Waals surface area contributed by atoms with Gasteiger partial charge >= 0.3 is 0 Å². The molecule has 1 atom stereocenters. The molecule has 2 heterocycles. The topological polar surface area (TPSA) is 9.86 Å². The van der Waals surface area contributed by atoms with Crippen LogP contribution in [-0.2, 0) is 6.42 Å². The number of rotatable bonds is 4. The van der Waals surface area contributed by atoms with Crippen LogP contribution in [0.1, 0.15) is 41.5 Å². The highest BCUT2D eigenvalue weighted by Crippen LogP contribution is 2.43. The Kier molecular flexibility index (Phi) is 6.01. The van der Waals surface area contributed by atoms with Crippen LogP contribution >= 0.6 is 0 Å². The first-order valence-corrected chi connectivity index (χ1v) is 17.0. The van der Waals surface area contributed by atoms with Crippen LogP contribution in [0, 0.1) is 0 Å². The van der Waals surface area contributed by atoms with Crippen LogP contribution in [0.2, 0.25) is 0 Å². The quantitative estimate of drug-likeness (QED) is 0.187. The van der Waals surface area contributed by atoms with Crippen molar-refractivity contribution in [3.8, 4) is 11.4 Å². The van der Waals surface area contributed by atoms with Crippen LogP contribution in [-0.4, -0.2) is 9.13 Å². The molecule has 48 heavy (non-hydrogen) atoms. The molecular weight excluding hydrogens is 581 g/mol. The standard InChI is InChI=1S/C46H34N2/c1-30-13-10-16-33-26-39-41-27-40-37-20-8-9-23-42(37)47(34-18-6-3-7-19-34)45(40)29-46(41)48(44(39)28-38(30)33)43-24-12-21-35-32(17-11-22-36(35)43)25-31-14-4-2-5-15-31/h2-12,14-24,26-30H,13,25H2,1H3. The third kappa shape index (κ3) is 4.06. The maximum absolute atomic E-state index is 2.55. The van der Waals surface area contributed by atoms with Crippen molar-refractivity contribution in [1.82, 2.24) is 9.13 Å². The first-order chi connectivity index (χ1) is 23.7. The molecule has 9 aromatic rings. The molecule has 0 spiro atoms. The molecule has 228 valence electrons. The summed E-state index contributed by atoms with van der Waals surface area (Å²) >= 11 is 0. The molecule has 0 amide bonds. The summed E-state index contributed by atoms with van der Waals surface area (Å²) in [5.74, 6) is 0.483. The number of hydrogen-bond acceptors (Lipinski definition) is 0. The summed E-state index contributed by atoms with van der Waals surface area (Å²) in [5, 5.41) is 7.74. The first kappa shape index (κ1) is 27.3. The van der Waals surface area contributed by atoms with Crippen LogP contribution in [0.25, 0.3) is 71.8 Å². The Bertz CT molecular complexity index is 2720. The molecular formula is C46H34N2. The van der Waals surface area contributed by atoms with Crippen molar-refractivity contribution in [2.45, 2.75) is 25.7 Å². The average Bonchev–Trinajstić information content (AvgIpc) is 3.62. The second-order valence-electron chi connectivity index (χ2n) is 13.4. The van der Waals surface area contributed by atoms with Gasteiger partial charge in [-0.2, -0.15) is 0 Å². The number of allylic oxidation sites excluding steroid dienone is 1. The van der Waals surface area contributed by atoms with Crippen LogP contribution in [0.15, 0.2) is 152 Å². The zero-order valence-electron chi connectivity index (χ0n) is 26.9. The van der Waals surface area contributed by atoms with Gasteiger partial charge in [0.15, 0.2) is 0 Å². The molecule has 2 heteroatoms. The molecule has 0 radical (unpaired) electrons. The van der Waals surface area contributed by atoms with Gasteiger partial charge in [0.25, 0.3) is 0 Å². The molecule has 0 fully saturated rings. The summed E-state index contributed by atoms with van der Waals surface area (Å²) in [4.78, 5) is 0. The van der Waals surface area contributed by atoms with E-state index in [9.17, 15) is 0 Å². The number of aromatic nitrogens is 2. The van der Waals surface area contributed by atoms with E-state index in [1.165, 1.54) is 88.0 Å². The van der Waals surface area contributed by atoms with Crippen molar-refractivity contribution >= 4 is 60.5 Å². The highest BCUT2D eigenvalue weighted by Gasteiger charge is 2.22. The number of nitrogens with zero attached hydrogens (tertiary/aromatic N) is 2. The molecule has 0 aliphatic heterocycles. The number of benzene rings is 7. The highest BCUT2D eigenvalue weighted by molar-refractivity contribution is 6.20. The predicted octanol–water partition coefficient (Wildman–Crippen LogP) is 12.1. The van der Waals surface area contributed by atoms with Crippen molar-refractivity contribution in [2.24, 2.45) is 0 Å². The average molecular weight is 615 g/mol. The Balaban J connectivity index is 1.33. The van der Waals surface area contributed by atoms with Crippen LogP contribution < -0.4 is 0 Å². The number of fused-ring (bicyclic) bond motifs is 8. The molecule has 7 aromatic carbocycles. The van der Waals surface area contributed by atoms with Gasteiger partial charge in [0, 0.05) is 32.6 Å². The molecule has 0 bridgehead atoms. The second-order valence-corrected chi connectivity index (χ2v) is 13.4. The van der Waals surface area contributed by atoms with E-state index in [1.54, 1.807) is 0 Å². The fraction of sp³-hybridized carbons (Fsp3) is 0.0870. The Morgan fingerprint density at radius 2 is 1.19 bits per heavy atom. The van der Waals surface area contributed by atoms with E-state index < -0.39 is 0 Å². The van der Waals surface area contributed by atoms with E-state index >= 15 is 0 Å². The van der Waals surface area contributed by atoms with Crippen molar-refractivity contribution in [2.75, 3.05) is 0 Å². The maximum atomic E-state index is 2.55. The summed E-state index contributed by atoms with van der Waals surface area (Å²) in [6.45, 7) is 2.36. The van der Waals surface area contributed by atoms with E-state index in [4.69, 9.17) is 0 Å². The zero-order chi connectivity index (χ0) is 31.8. The van der Waals surface area contributed by atoms with E-state index in [2.05, 4.69) is 174 Å². The van der Waals surface area contributed by atoms with Gasteiger partial charge in [-0.3, -0.25) is 0 Å². The third-order valence-electron chi connectivity index (χ3n) is 10.6. The largest absolute Gasteiger partial charge is 0.309 e. The molecule has 0 N–H and O–H groups in total. The normalized spacial score (nSPS) is 14.5. The monoisotopic (exact) mass is 614 g/mol. The number of para-hydroxylation sites is 2. The fourth-order valence-corrected chi connectivity index (χ4v) is 8.29. The minimum atomic E-state index is 0.483. The minimum absolute atomic E-state index is 0.483. The molecule has 10 rings (SSSR count). The Labute approximate surface area is 279 Å². The summed E-state index contributed by atoms with van der Waals surface area (Å²) in [5.41, 5.74) is 12.8. The first-order valence-electron chi connectivity index (χ1n) is 17.0. The van der Waals surface area contributed by atoms with Gasteiger partial charge in [0.1, 0.15) is 0 Å². The third-order valence-corrected chi connectivity index (χ3v) is 10.6. The molecule has 1 aliphatic rings. The number of hydrogen-bond donors (Lipinski definition) is 0. The van der Waals surface area contributed by atoms with Crippen LogP contribution in [0.3, 0.4) is 0 Å². The zero-order valence-corrected chi connectivity index (χ0v) is 26.9. The Morgan fingerprint density at radius 1 is 0.521 bits per heavy atom. The van der Waals surface area contributed by atoms with Gasteiger partial charge in [0.2, 0.25) is 0 Å². The predicted molar refractivity (Wildman–Crippen MR) is 204 cm³/mol. The summed E-state index contributed by atoms with van der Waals surface area (Å²) < 4.78 is 4.99. The van der Waals surface area contributed by atoms with Crippen molar-refractivity contribution in [3.05, 3.63) is 174 Å². The van der Waals surface area contributed by atoms with Crippen LogP contribution in [0.5, 0.6) is 0 Å². The van der Waals surface area contributed by atoms with E-state index in [0.29, 0.717) is 5.92 Å². The van der Waals surface area contributed by atoms with Gasteiger partial charge in [-0.1, -0.05) is 116 Å². The highest BCUT2D eigenvalue weighted by atomic mass is 15.0. The van der Waals surface area contributed by atoms with E-state index in [1.807, 2.05) is 0 Å². The molecule has 0 saturated heterocycles. The summed E-state index contributed by atoms with van der Waals surface area (Å²) in [6, 6.07) is 54.0. The maximum Gasteiger partial charge on any atom is 0.0562 e. The lowest BCUT2D eigenvalue weighted by Gasteiger charge is -2.19. The lowest BCUT2D eigenvalue weighted by atomic mass is 9.87. The molecule has 2 aromatic heterocycles. The molecule has 1 unspecified atom stereocenters. The molecule has 2 nitrogen and oxygen atoms in total. The Hall–Kier alpha value is -5.86. The molecule has 1 aliphatic carbocycles. The Morgan fingerprint density at radius 3 is 2.06 bits per heavy atom. The summed E-state index contributed by atoms with van der Waals surface area (Å²) in [7, 11) is 0. The fourth-order valence-electron chi connectivity index (χ4n) is 8.29. The van der Waals surface area contributed by atoms with Gasteiger partial charge in [0.05, 0.1) is 27.8 Å². The van der Waals surface area contributed by atoms with Crippen molar-refractivity contribution in [3.63, 3.8) is 0 Å². The second kappa shape index (κ2) is 10.6. The van der Waals surface area contributed by atoms with E-state index in [0.717, 1.165) is 12.8 Å². The van der Waals surface area contributed by atoms with Crippen LogP contribution in [0.4, 0.5) is 0 Å². The van der Waals surface area contributed by atoms with Crippen molar-refractivity contribution < 1.29 is 0 Å².